The molecule has 1 aliphatic rings. The molecule has 2 aromatic rings. The SMILES string of the molecule is C=C(/C=C(/F)C(=C)COc1ccc(-c2ccc(C3CCC(C)CC3)c(F)c2F)cc1)OCC. The van der Waals surface area contributed by atoms with Gasteiger partial charge >= 0.3 is 0 Å². The molecule has 0 aliphatic heterocycles. The largest absolute Gasteiger partial charge is 0.494 e. The molecule has 0 unspecified atom stereocenters. The molecule has 0 saturated heterocycles. The topological polar surface area (TPSA) is 18.5 Å². The van der Waals surface area contributed by atoms with Crippen LogP contribution in [-0.4, -0.2) is 13.2 Å². The predicted molar refractivity (Wildman–Crippen MR) is 127 cm³/mol. The summed E-state index contributed by atoms with van der Waals surface area (Å²) in [6.45, 7) is 11.6. The van der Waals surface area contributed by atoms with Crippen LogP contribution >= 0.6 is 0 Å². The van der Waals surface area contributed by atoms with Gasteiger partial charge in [0.25, 0.3) is 0 Å². The average Bonchev–Trinajstić information content (AvgIpc) is 2.80. The van der Waals surface area contributed by atoms with E-state index in [1.807, 2.05) is 0 Å². The Kier molecular flexibility index (Phi) is 8.43. The standard InChI is InChI=1S/C28H31F3O2/c1-5-32-20(4)16-26(29)19(3)17-33-23-12-10-22(11-13-23)25-15-14-24(27(30)28(25)31)21-8-6-18(2)7-9-21/h10-16,18,21H,3-9,17H2,1-2H3/b26-16+. The molecule has 0 radical (unpaired) electrons. The molecule has 5 heteroatoms. The van der Waals surface area contributed by atoms with Crippen LogP contribution in [0.2, 0.25) is 0 Å². The molecule has 3 rings (SSSR count). The van der Waals surface area contributed by atoms with Crippen molar-refractivity contribution < 1.29 is 22.6 Å². The quantitative estimate of drug-likeness (QED) is 0.279. The Labute approximate surface area is 194 Å². The maximum Gasteiger partial charge on any atom is 0.166 e. The lowest BCUT2D eigenvalue weighted by atomic mass is 9.79. The number of rotatable bonds is 9. The van der Waals surface area contributed by atoms with Gasteiger partial charge in [-0.15, -0.1) is 0 Å². The van der Waals surface area contributed by atoms with E-state index in [-0.39, 0.29) is 29.4 Å². The second-order valence-electron chi connectivity index (χ2n) is 8.60. The Morgan fingerprint density at radius 1 is 1.00 bits per heavy atom. The van der Waals surface area contributed by atoms with Gasteiger partial charge < -0.3 is 9.47 Å². The van der Waals surface area contributed by atoms with E-state index in [1.54, 1.807) is 43.3 Å². The minimum atomic E-state index is -0.824. The summed E-state index contributed by atoms with van der Waals surface area (Å²) >= 11 is 0. The molecule has 1 aliphatic carbocycles. The van der Waals surface area contributed by atoms with Crippen LogP contribution < -0.4 is 4.74 Å². The zero-order chi connectivity index (χ0) is 24.0. The van der Waals surface area contributed by atoms with Crippen molar-refractivity contribution in [1.29, 1.82) is 0 Å². The third kappa shape index (κ3) is 6.31. The number of halogens is 3. The van der Waals surface area contributed by atoms with Crippen LogP contribution in [0.5, 0.6) is 5.75 Å². The normalized spacial score (nSPS) is 18.6. The summed E-state index contributed by atoms with van der Waals surface area (Å²) in [5.74, 6) is -0.754. The van der Waals surface area contributed by atoms with Gasteiger partial charge in [0.15, 0.2) is 11.6 Å². The molecule has 2 nitrogen and oxygen atoms in total. The van der Waals surface area contributed by atoms with E-state index in [9.17, 15) is 13.2 Å². The van der Waals surface area contributed by atoms with Crippen LogP contribution in [0, 0.1) is 17.6 Å². The molecule has 0 spiro atoms. The van der Waals surface area contributed by atoms with Crippen molar-refractivity contribution in [2.24, 2.45) is 5.92 Å². The minimum absolute atomic E-state index is 0.0707. The molecule has 2 aromatic carbocycles. The molecular formula is C28H31F3O2. The van der Waals surface area contributed by atoms with Crippen LogP contribution in [-0.2, 0) is 4.74 Å². The highest BCUT2D eigenvalue weighted by Crippen LogP contribution is 2.38. The van der Waals surface area contributed by atoms with Crippen LogP contribution in [0.25, 0.3) is 11.1 Å². The summed E-state index contributed by atoms with van der Waals surface area (Å²) in [5, 5.41) is 0. The van der Waals surface area contributed by atoms with Crippen molar-refractivity contribution in [3.8, 4) is 16.9 Å². The number of benzene rings is 2. The van der Waals surface area contributed by atoms with Crippen molar-refractivity contribution in [2.75, 3.05) is 13.2 Å². The Bertz CT molecular complexity index is 1020. The number of allylic oxidation sites excluding steroid dienone is 1. The minimum Gasteiger partial charge on any atom is -0.494 e. The molecule has 0 heterocycles. The van der Waals surface area contributed by atoms with E-state index in [2.05, 4.69) is 20.1 Å². The highest BCUT2D eigenvalue weighted by molar-refractivity contribution is 5.65. The molecule has 1 saturated carbocycles. The Balaban J connectivity index is 1.66. The Hall–Kier alpha value is -2.95. The van der Waals surface area contributed by atoms with Gasteiger partial charge in [-0.3, -0.25) is 0 Å². The first-order valence-electron chi connectivity index (χ1n) is 11.4. The van der Waals surface area contributed by atoms with Gasteiger partial charge in [-0.2, -0.15) is 0 Å². The summed E-state index contributed by atoms with van der Waals surface area (Å²) < 4.78 is 54.5. The van der Waals surface area contributed by atoms with E-state index >= 15 is 0 Å². The molecule has 0 amide bonds. The summed E-state index contributed by atoms with van der Waals surface area (Å²) in [6, 6.07) is 9.94. The molecule has 0 atom stereocenters. The van der Waals surface area contributed by atoms with Crippen molar-refractivity contribution in [1.82, 2.24) is 0 Å². The van der Waals surface area contributed by atoms with Gasteiger partial charge in [-0.1, -0.05) is 57.2 Å². The van der Waals surface area contributed by atoms with Gasteiger partial charge in [0.2, 0.25) is 0 Å². The van der Waals surface area contributed by atoms with E-state index in [4.69, 9.17) is 9.47 Å². The van der Waals surface area contributed by atoms with E-state index in [0.29, 0.717) is 29.4 Å². The zero-order valence-corrected chi connectivity index (χ0v) is 19.3. The van der Waals surface area contributed by atoms with Gasteiger partial charge in [-0.05, 0) is 54.9 Å². The summed E-state index contributed by atoms with van der Waals surface area (Å²) in [6.07, 6.45) is 5.03. The van der Waals surface area contributed by atoms with Crippen molar-refractivity contribution in [3.05, 3.63) is 90.0 Å². The fourth-order valence-electron chi connectivity index (χ4n) is 4.11. The highest BCUT2D eigenvalue weighted by atomic mass is 19.2. The van der Waals surface area contributed by atoms with Crippen LogP contribution in [0.15, 0.2) is 72.8 Å². The van der Waals surface area contributed by atoms with Crippen molar-refractivity contribution in [3.63, 3.8) is 0 Å². The lowest BCUT2D eigenvalue weighted by Crippen LogP contribution is -2.13. The van der Waals surface area contributed by atoms with Gasteiger partial charge in [0, 0.05) is 17.2 Å². The van der Waals surface area contributed by atoms with Crippen molar-refractivity contribution >= 4 is 0 Å². The summed E-state index contributed by atoms with van der Waals surface area (Å²) in [7, 11) is 0. The predicted octanol–water partition coefficient (Wildman–Crippen LogP) is 8.26. The summed E-state index contributed by atoms with van der Waals surface area (Å²) in [4.78, 5) is 0. The molecule has 33 heavy (non-hydrogen) atoms. The van der Waals surface area contributed by atoms with Gasteiger partial charge in [0.1, 0.15) is 23.9 Å². The first-order chi connectivity index (χ1) is 15.8. The smallest absolute Gasteiger partial charge is 0.166 e. The van der Waals surface area contributed by atoms with Crippen molar-refractivity contribution in [2.45, 2.75) is 45.4 Å². The number of hydrogen-bond donors (Lipinski definition) is 0. The van der Waals surface area contributed by atoms with E-state index in [1.165, 1.54) is 0 Å². The number of ether oxygens (including phenoxy) is 2. The third-order valence-corrected chi connectivity index (χ3v) is 6.10. The molecule has 0 N–H and O–H groups in total. The van der Waals surface area contributed by atoms with Crippen LogP contribution in [0.1, 0.15) is 51.0 Å². The Morgan fingerprint density at radius 3 is 2.30 bits per heavy atom. The first kappa shape index (κ1) is 24.7. The molecule has 0 aromatic heterocycles. The van der Waals surface area contributed by atoms with Crippen LogP contribution in [0.4, 0.5) is 13.2 Å². The highest BCUT2D eigenvalue weighted by Gasteiger charge is 2.25. The maximum atomic E-state index is 14.9. The monoisotopic (exact) mass is 456 g/mol. The second kappa shape index (κ2) is 11.3. The van der Waals surface area contributed by atoms with Gasteiger partial charge in [-0.25, -0.2) is 13.2 Å². The molecular weight excluding hydrogens is 425 g/mol. The van der Waals surface area contributed by atoms with Gasteiger partial charge in [0.05, 0.1) is 6.61 Å². The lowest BCUT2D eigenvalue weighted by Gasteiger charge is -2.27. The zero-order valence-electron chi connectivity index (χ0n) is 19.3. The first-order valence-corrected chi connectivity index (χ1v) is 11.4. The fourth-order valence-corrected chi connectivity index (χ4v) is 4.11. The van der Waals surface area contributed by atoms with E-state index in [0.717, 1.165) is 31.8 Å². The summed E-state index contributed by atoms with van der Waals surface area (Å²) in [5.41, 5.74) is 1.37. The molecule has 1 fully saturated rings. The molecule has 0 bridgehead atoms. The fraction of sp³-hybridized carbons (Fsp3) is 0.357. The maximum absolute atomic E-state index is 14.9. The molecule has 176 valence electrons. The second-order valence-corrected chi connectivity index (χ2v) is 8.60. The third-order valence-electron chi connectivity index (χ3n) is 6.10. The Morgan fingerprint density at radius 2 is 1.67 bits per heavy atom. The number of hydrogen-bond acceptors (Lipinski definition) is 2. The lowest BCUT2D eigenvalue weighted by molar-refractivity contribution is 0.243. The van der Waals surface area contributed by atoms with Crippen LogP contribution in [0.3, 0.4) is 0 Å². The average molecular weight is 457 g/mol. The van der Waals surface area contributed by atoms with E-state index < -0.39 is 17.5 Å².